The van der Waals surface area contributed by atoms with Gasteiger partial charge in [0.2, 0.25) is 10.0 Å². The van der Waals surface area contributed by atoms with Crippen LogP contribution < -0.4 is 9.88 Å². The number of nitrogens with zero attached hydrogens (tertiary/aromatic N) is 3. The number of nitrogens with one attached hydrogen (secondary N) is 1. The third-order valence-electron chi connectivity index (χ3n) is 4.01. The predicted octanol–water partition coefficient (Wildman–Crippen LogP) is 1.57. The third-order valence-corrected chi connectivity index (χ3v) is 6.19. The number of aromatic nitrogens is 1. The Labute approximate surface area is 149 Å². The maximum absolute atomic E-state index is 12.8. The molecule has 0 unspecified atom stereocenters. The van der Waals surface area contributed by atoms with Crippen LogP contribution in [0.15, 0.2) is 47.5 Å². The van der Waals surface area contributed by atoms with Crippen LogP contribution in [-0.2, 0) is 10.0 Å². The van der Waals surface area contributed by atoms with Gasteiger partial charge in [0, 0.05) is 17.2 Å². The Balaban J connectivity index is 1.82. The van der Waals surface area contributed by atoms with E-state index in [1.165, 1.54) is 16.4 Å². The van der Waals surface area contributed by atoms with Gasteiger partial charge in [0.15, 0.2) is 4.90 Å². The molecule has 1 saturated heterocycles. The van der Waals surface area contributed by atoms with E-state index >= 15 is 0 Å². The highest BCUT2D eigenvalue weighted by Crippen LogP contribution is 2.30. The molecule has 132 valence electrons. The standard InChI is InChI=1S/C15H15ClN4O4S/c16-12-4-5-14(13(11-12)20(21)22)25(23,24)19-9-7-18(8-10-19)15-3-1-2-6-17-15/h1-6,11H,7-10H2/p+1. The number of H-pyrrole nitrogens is 1. The van der Waals surface area contributed by atoms with Crippen molar-refractivity contribution in [2.24, 2.45) is 0 Å². The lowest BCUT2D eigenvalue weighted by molar-refractivity contribution is -0.387. The molecular formula is C15H16ClN4O4S+. The first-order chi connectivity index (χ1) is 11.9. The van der Waals surface area contributed by atoms with Gasteiger partial charge in [-0.05, 0) is 18.2 Å². The van der Waals surface area contributed by atoms with Crippen LogP contribution >= 0.6 is 11.6 Å². The van der Waals surface area contributed by atoms with E-state index in [-0.39, 0.29) is 23.0 Å². The van der Waals surface area contributed by atoms with Gasteiger partial charge in [0.1, 0.15) is 0 Å². The Bertz CT molecular complexity index is 884. The average molecular weight is 384 g/mol. The predicted molar refractivity (Wildman–Crippen MR) is 92.1 cm³/mol. The maximum Gasteiger partial charge on any atom is 0.290 e. The second-order valence-corrected chi connectivity index (χ2v) is 7.85. The van der Waals surface area contributed by atoms with E-state index in [4.69, 9.17) is 11.6 Å². The van der Waals surface area contributed by atoms with E-state index in [1.807, 2.05) is 23.1 Å². The van der Waals surface area contributed by atoms with Gasteiger partial charge in [-0.25, -0.2) is 13.4 Å². The van der Waals surface area contributed by atoms with Crippen LogP contribution in [0.25, 0.3) is 0 Å². The van der Waals surface area contributed by atoms with Crippen LogP contribution in [-0.4, -0.2) is 43.8 Å². The summed E-state index contributed by atoms with van der Waals surface area (Å²) in [7, 11) is -3.96. The number of hydrogen-bond acceptors (Lipinski definition) is 5. The van der Waals surface area contributed by atoms with E-state index in [0.29, 0.717) is 13.1 Å². The van der Waals surface area contributed by atoms with Crippen LogP contribution in [0.1, 0.15) is 0 Å². The fraction of sp³-hybridized carbons (Fsp3) is 0.267. The zero-order valence-corrected chi connectivity index (χ0v) is 14.7. The molecule has 0 saturated carbocycles. The second kappa shape index (κ2) is 6.95. The summed E-state index contributed by atoms with van der Waals surface area (Å²) in [5.74, 6) is 0.900. The summed E-state index contributed by atoms with van der Waals surface area (Å²) in [5.41, 5.74) is -0.508. The minimum atomic E-state index is -3.96. The minimum Gasteiger partial charge on any atom is -0.259 e. The SMILES string of the molecule is O=[N+]([O-])c1cc(Cl)ccc1S(=O)(=O)N1CCN(c2cccc[nH+]2)CC1. The van der Waals surface area contributed by atoms with Crippen molar-refractivity contribution < 1.29 is 18.3 Å². The quantitative estimate of drug-likeness (QED) is 0.589. The summed E-state index contributed by atoms with van der Waals surface area (Å²) in [6.07, 6.45) is 1.80. The highest BCUT2D eigenvalue weighted by Gasteiger charge is 2.35. The second-order valence-electron chi connectivity index (χ2n) is 5.51. The highest BCUT2D eigenvalue weighted by molar-refractivity contribution is 7.89. The van der Waals surface area contributed by atoms with Crippen molar-refractivity contribution in [3.05, 3.63) is 57.7 Å². The number of hydrogen-bond donors (Lipinski definition) is 0. The third kappa shape index (κ3) is 3.58. The molecule has 25 heavy (non-hydrogen) atoms. The van der Waals surface area contributed by atoms with E-state index in [0.717, 1.165) is 11.9 Å². The fourth-order valence-electron chi connectivity index (χ4n) is 2.74. The number of anilines is 1. The van der Waals surface area contributed by atoms with Crippen LogP contribution in [0.3, 0.4) is 0 Å². The van der Waals surface area contributed by atoms with Crippen LogP contribution in [0.2, 0.25) is 5.02 Å². The highest BCUT2D eigenvalue weighted by atomic mass is 35.5. The van der Waals surface area contributed by atoms with Gasteiger partial charge >= 0.3 is 0 Å². The molecule has 1 N–H and O–H groups in total. The molecule has 1 aromatic carbocycles. The summed E-state index contributed by atoms with van der Waals surface area (Å²) >= 11 is 5.76. The largest absolute Gasteiger partial charge is 0.290 e. The number of halogens is 1. The van der Waals surface area contributed by atoms with E-state index in [2.05, 4.69) is 4.98 Å². The van der Waals surface area contributed by atoms with Crippen molar-refractivity contribution >= 4 is 33.1 Å². The molecule has 1 aromatic heterocycles. The van der Waals surface area contributed by atoms with Crippen molar-refractivity contribution in [2.75, 3.05) is 31.1 Å². The fourth-order valence-corrected chi connectivity index (χ4v) is 4.47. The molecule has 8 nitrogen and oxygen atoms in total. The molecular weight excluding hydrogens is 368 g/mol. The molecule has 10 heteroatoms. The van der Waals surface area contributed by atoms with Crippen molar-refractivity contribution in [3.8, 4) is 0 Å². The van der Waals surface area contributed by atoms with Crippen molar-refractivity contribution in [2.45, 2.75) is 4.90 Å². The van der Waals surface area contributed by atoms with Gasteiger partial charge in [0.25, 0.3) is 11.5 Å². The molecule has 0 bridgehead atoms. The molecule has 0 amide bonds. The Hall–Kier alpha value is -2.23. The van der Waals surface area contributed by atoms with Gasteiger partial charge in [-0.2, -0.15) is 4.31 Å². The number of benzene rings is 1. The number of sulfonamides is 1. The number of piperazine rings is 1. The molecule has 1 aliphatic heterocycles. The van der Waals surface area contributed by atoms with Gasteiger partial charge in [-0.1, -0.05) is 17.7 Å². The monoisotopic (exact) mass is 383 g/mol. The summed E-state index contributed by atoms with van der Waals surface area (Å²) in [5, 5.41) is 11.3. The zero-order chi connectivity index (χ0) is 18.0. The van der Waals surface area contributed by atoms with E-state index in [1.54, 1.807) is 6.20 Å². The molecule has 2 aromatic rings. The molecule has 2 heterocycles. The number of pyridine rings is 1. The smallest absolute Gasteiger partial charge is 0.259 e. The van der Waals surface area contributed by atoms with E-state index in [9.17, 15) is 18.5 Å². The normalized spacial score (nSPS) is 16.0. The first-order valence-electron chi connectivity index (χ1n) is 7.55. The first kappa shape index (κ1) is 17.6. The Kier molecular flexibility index (Phi) is 4.89. The minimum absolute atomic E-state index is 0.120. The van der Waals surface area contributed by atoms with Crippen LogP contribution in [0, 0.1) is 10.1 Å². The topological polar surface area (TPSA) is 97.9 Å². The maximum atomic E-state index is 12.8. The molecule has 1 fully saturated rings. The lowest BCUT2D eigenvalue weighted by Gasteiger charge is -2.30. The van der Waals surface area contributed by atoms with Gasteiger partial charge in [0.05, 0.1) is 37.3 Å². The Morgan fingerprint density at radius 3 is 2.44 bits per heavy atom. The number of nitro groups is 1. The van der Waals surface area contributed by atoms with Crippen LogP contribution in [0.4, 0.5) is 11.5 Å². The lowest BCUT2D eigenvalue weighted by atomic mass is 10.3. The Morgan fingerprint density at radius 1 is 1.12 bits per heavy atom. The average Bonchev–Trinajstić information content (AvgIpc) is 2.62. The first-order valence-corrected chi connectivity index (χ1v) is 9.37. The van der Waals surface area contributed by atoms with Gasteiger partial charge in [-0.15, -0.1) is 0 Å². The lowest BCUT2D eigenvalue weighted by Crippen LogP contribution is -2.49. The van der Waals surface area contributed by atoms with Crippen molar-refractivity contribution in [1.29, 1.82) is 0 Å². The van der Waals surface area contributed by atoms with Gasteiger partial charge < -0.3 is 0 Å². The summed E-state index contributed by atoms with van der Waals surface area (Å²) in [4.78, 5) is 15.3. The molecule has 3 rings (SSSR count). The molecule has 1 aliphatic rings. The summed E-state index contributed by atoms with van der Waals surface area (Å²) in [6.45, 7) is 1.46. The molecule has 0 aliphatic carbocycles. The van der Waals surface area contributed by atoms with Crippen molar-refractivity contribution in [3.63, 3.8) is 0 Å². The number of aromatic amines is 1. The summed E-state index contributed by atoms with van der Waals surface area (Å²) in [6, 6.07) is 9.26. The number of rotatable bonds is 4. The zero-order valence-electron chi connectivity index (χ0n) is 13.1. The molecule has 0 atom stereocenters. The molecule has 0 spiro atoms. The molecule has 0 radical (unpaired) electrons. The van der Waals surface area contributed by atoms with Crippen molar-refractivity contribution in [1.82, 2.24) is 4.31 Å². The van der Waals surface area contributed by atoms with Crippen LogP contribution in [0.5, 0.6) is 0 Å². The summed E-state index contributed by atoms with van der Waals surface area (Å²) < 4.78 is 26.9. The number of nitro benzene ring substituents is 1. The van der Waals surface area contributed by atoms with Gasteiger partial charge in [-0.3, -0.25) is 15.0 Å². The Morgan fingerprint density at radius 2 is 1.84 bits per heavy atom. The van der Waals surface area contributed by atoms with E-state index < -0.39 is 20.6 Å².